The zero-order valence-electron chi connectivity index (χ0n) is 17.2. The van der Waals surface area contributed by atoms with Crippen LogP contribution in [0.15, 0.2) is 48.5 Å². The number of aromatic nitrogens is 2. The average molecular weight is 417 g/mol. The first kappa shape index (κ1) is 20.7. The molecule has 0 unspecified atom stereocenters. The monoisotopic (exact) mass is 417 g/mol. The highest BCUT2D eigenvalue weighted by Gasteiger charge is 2.39. The number of nitrogens with one attached hydrogen (secondary N) is 1. The Morgan fingerprint density at radius 2 is 1.97 bits per heavy atom. The Morgan fingerprint density at radius 3 is 2.67 bits per heavy atom. The molecule has 3 aromatic rings. The van der Waals surface area contributed by atoms with Crippen LogP contribution in [-0.2, 0) is 11.6 Å². The SMILES string of the molecule is C[C@H]1CN(CCOc2ccccc2)CC[C@]1(C)c1ccc2nc(C(F)(F)F)[nH]c2c1. The summed E-state index contributed by atoms with van der Waals surface area (Å²) in [7, 11) is 0. The molecule has 2 aromatic carbocycles. The number of halogens is 3. The van der Waals surface area contributed by atoms with Gasteiger partial charge in [-0.3, -0.25) is 4.90 Å². The summed E-state index contributed by atoms with van der Waals surface area (Å²) in [6.45, 7) is 7.75. The maximum atomic E-state index is 13.0. The number of H-pyrrole nitrogens is 1. The minimum absolute atomic E-state index is 0.103. The number of hydrogen-bond acceptors (Lipinski definition) is 3. The van der Waals surface area contributed by atoms with Crippen LogP contribution in [-0.4, -0.2) is 41.1 Å². The number of para-hydroxylation sites is 1. The number of rotatable bonds is 5. The molecule has 0 amide bonds. The molecule has 1 aliphatic rings. The highest BCUT2D eigenvalue weighted by atomic mass is 19.4. The molecule has 0 radical (unpaired) electrons. The van der Waals surface area contributed by atoms with Crippen molar-refractivity contribution in [3.8, 4) is 5.75 Å². The van der Waals surface area contributed by atoms with E-state index in [1.165, 1.54) is 0 Å². The van der Waals surface area contributed by atoms with Crippen LogP contribution in [0.5, 0.6) is 5.75 Å². The lowest BCUT2D eigenvalue weighted by Crippen LogP contribution is -2.48. The number of benzene rings is 2. The number of nitrogens with zero attached hydrogens (tertiary/aromatic N) is 2. The zero-order chi connectivity index (χ0) is 21.4. The van der Waals surface area contributed by atoms with Crippen molar-refractivity contribution in [2.45, 2.75) is 31.9 Å². The second kappa shape index (κ2) is 7.95. The Kier molecular flexibility index (Phi) is 5.49. The van der Waals surface area contributed by atoms with Gasteiger partial charge in [0, 0.05) is 13.1 Å². The first-order valence-corrected chi connectivity index (χ1v) is 10.2. The molecule has 30 heavy (non-hydrogen) atoms. The first-order valence-electron chi connectivity index (χ1n) is 10.2. The lowest BCUT2D eigenvalue weighted by atomic mass is 9.68. The van der Waals surface area contributed by atoms with Crippen molar-refractivity contribution in [2.24, 2.45) is 5.92 Å². The van der Waals surface area contributed by atoms with E-state index in [9.17, 15) is 13.2 Å². The molecule has 160 valence electrons. The fourth-order valence-electron chi connectivity index (χ4n) is 4.26. The molecule has 4 rings (SSSR count). The highest BCUT2D eigenvalue weighted by molar-refractivity contribution is 5.76. The maximum absolute atomic E-state index is 13.0. The summed E-state index contributed by atoms with van der Waals surface area (Å²) >= 11 is 0. The summed E-state index contributed by atoms with van der Waals surface area (Å²) in [5.41, 5.74) is 1.74. The van der Waals surface area contributed by atoms with E-state index in [0.29, 0.717) is 23.6 Å². The molecule has 2 heterocycles. The Balaban J connectivity index is 1.42. The molecule has 0 aliphatic carbocycles. The molecular formula is C23H26F3N3O. The Bertz CT molecular complexity index is 1000. The normalized spacial score (nSPS) is 23.0. The van der Waals surface area contributed by atoms with E-state index in [0.717, 1.165) is 37.4 Å². The van der Waals surface area contributed by atoms with Gasteiger partial charge in [0.2, 0.25) is 5.82 Å². The smallest absolute Gasteiger partial charge is 0.449 e. The van der Waals surface area contributed by atoms with Gasteiger partial charge in [-0.05, 0) is 54.1 Å². The lowest BCUT2D eigenvalue weighted by molar-refractivity contribution is -0.144. The summed E-state index contributed by atoms with van der Waals surface area (Å²) in [6, 6.07) is 15.2. The van der Waals surface area contributed by atoms with Crippen LogP contribution in [0.2, 0.25) is 0 Å². The summed E-state index contributed by atoms with van der Waals surface area (Å²) < 4.78 is 44.7. The summed E-state index contributed by atoms with van der Waals surface area (Å²) in [4.78, 5) is 8.51. The third-order valence-corrected chi connectivity index (χ3v) is 6.40. The van der Waals surface area contributed by atoms with Crippen LogP contribution in [0.4, 0.5) is 13.2 Å². The first-order chi connectivity index (χ1) is 14.3. The van der Waals surface area contributed by atoms with E-state index in [4.69, 9.17) is 4.74 Å². The van der Waals surface area contributed by atoms with Crippen molar-refractivity contribution >= 4 is 11.0 Å². The molecule has 2 atom stereocenters. The van der Waals surface area contributed by atoms with Gasteiger partial charge < -0.3 is 9.72 Å². The lowest BCUT2D eigenvalue weighted by Gasteiger charge is -2.45. The van der Waals surface area contributed by atoms with E-state index in [-0.39, 0.29) is 5.41 Å². The second-order valence-electron chi connectivity index (χ2n) is 8.35. The van der Waals surface area contributed by atoms with Gasteiger partial charge in [0.05, 0.1) is 11.0 Å². The fraction of sp³-hybridized carbons (Fsp3) is 0.435. The molecular weight excluding hydrogens is 391 g/mol. The van der Waals surface area contributed by atoms with Crippen LogP contribution < -0.4 is 4.74 Å². The van der Waals surface area contributed by atoms with Crippen molar-refractivity contribution in [3.63, 3.8) is 0 Å². The van der Waals surface area contributed by atoms with E-state index in [1.807, 2.05) is 42.5 Å². The van der Waals surface area contributed by atoms with E-state index in [1.54, 1.807) is 6.07 Å². The molecule has 0 bridgehead atoms. The number of imidazole rings is 1. The number of fused-ring (bicyclic) bond motifs is 1. The van der Waals surface area contributed by atoms with Gasteiger partial charge in [0.15, 0.2) is 0 Å². The molecule has 0 spiro atoms. The quantitative estimate of drug-likeness (QED) is 0.616. The Hall–Kier alpha value is -2.54. The van der Waals surface area contributed by atoms with Gasteiger partial charge >= 0.3 is 6.18 Å². The van der Waals surface area contributed by atoms with Gasteiger partial charge in [0.25, 0.3) is 0 Å². The minimum Gasteiger partial charge on any atom is -0.492 e. The molecule has 1 saturated heterocycles. The van der Waals surface area contributed by atoms with Crippen LogP contribution in [0, 0.1) is 5.92 Å². The van der Waals surface area contributed by atoms with Gasteiger partial charge in [-0.1, -0.05) is 38.1 Å². The van der Waals surface area contributed by atoms with Gasteiger partial charge in [-0.25, -0.2) is 4.98 Å². The second-order valence-corrected chi connectivity index (χ2v) is 8.35. The van der Waals surface area contributed by atoms with Crippen molar-refractivity contribution < 1.29 is 17.9 Å². The third-order valence-electron chi connectivity index (χ3n) is 6.40. The third kappa shape index (κ3) is 4.17. The van der Waals surface area contributed by atoms with Crippen LogP contribution in [0.1, 0.15) is 31.7 Å². The summed E-state index contributed by atoms with van der Waals surface area (Å²) in [6.07, 6.45) is -3.53. The number of hydrogen-bond donors (Lipinski definition) is 1. The standard InChI is InChI=1S/C23H26F3N3O/c1-16-15-29(12-13-30-18-6-4-3-5-7-18)11-10-22(16,2)17-8-9-19-20(14-17)28-21(27-19)23(24,25)26/h3-9,14,16H,10-13,15H2,1-2H3,(H,27,28)/t16-,22-/m0/s1. The minimum atomic E-state index is -4.47. The molecule has 1 aliphatic heterocycles. The van der Waals surface area contributed by atoms with Gasteiger partial charge in [0.1, 0.15) is 12.4 Å². The number of aromatic amines is 1. The predicted molar refractivity (Wildman–Crippen MR) is 111 cm³/mol. The largest absolute Gasteiger partial charge is 0.492 e. The number of ether oxygens (including phenoxy) is 1. The van der Waals surface area contributed by atoms with Crippen molar-refractivity contribution in [2.75, 3.05) is 26.2 Å². The Labute approximate surface area is 174 Å². The van der Waals surface area contributed by atoms with Crippen LogP contribution in [0.25, 0.3) is 11.0 Å². The number of piperidine rings is 1. The van der Waals surface area contributed by atoms with Crippen molar-refractivity contribution in [1.82, 2.24) is 14.9 Å². The molecule has 1 fully saturated rings. The van der Waals surface area contributed by atoms with Crippen LogP contribution in [0.3, 0.4) is 0 Å². The average Bonchev–Trinajstić information content (AvgIpc) is 3.16. The molecule has 4 nitrogen and oxygen atoms in total. The van der Waals surface area contributed by atoms with E-state index < -0.39 is 12.0 Å². The fourth-order valence-corrected chi connectivity index (χ4v) is 4.26. The molecule has 1 N–H and O–H groups in total. The van der Waals surface area contributed by atoms with E-state index in [2.05, 4.69) is 28.7 Å². The van der Waals surface area contributed by atoms with Gasteiger partial charge in [-0.15, -0.1) is 0 Å². The predicted octanol–water partition coefficient (Wildman–Crippen LogP) is 5.26. The molecule has 7 heteroatoms. The maximum Gasteiger partial charge on any atom is 0.449 e. The zero-order valence-corrected chi connectivity index (χ0v) is 17.2. The van der Waals surface area contributed by atoms with E-state index >= 15 is 0 Å². The van der Waals surface area contributed by atoms with Crippen LogP contribution >= 0.6 is 0 Å². The number of alkyl halides is 3. The highest BCUT2D eigenvalue weighted by Crippen LogP contribution is 2.40. The molecule has 0 saturated carbocycles. The molecule has 1 aromatic heterocycles. The topological polar surface area (TPSA) is 41.1 Å². The summed E-state index contributed by atoms with van der Waals surface area (Å²) in [5, 5.41) is 0. The Morgan fingerprint density at radius 1 is 1.20 bits per heavy atom. The van der Waals surface area contributed by atoms with Crippen molar-refractivity contribution in [1.29, 1.82) is 0 Å². The van der Waals surface area contributed by atoms with Crippen molar-refractivity contribution in [3.05, 3.63) is 59.9 Å². The van der Waals surface area contributed by atoms with Gasteiger partial charge in [-0.2, -0.15) is 13.2 Å². The number of likely N-dealkylation sites (tertiary alicyclic amines) is 1. The summed E-state index contributed by atoms with van der Waals surface area (Å²) in [5.74, 6) is 0.282.